The molecule has 1 unspecified atom stereocenters. The summed E-state index contributed by atoms with van der Waals surface area (Å²) in [6.07, 6.45) is 5.05. The van der Waals surface area contributed by atoms with Gasteiger partial charge in [-0.3, -0.25) is 9.59 Å². The largest absolute Gasteiger partial charge is 0.508 e. The lowest BCUT2D eigenvalue weighted by Crippen LogP contribution is -2.51. The molecule has 0 heterocycles. The fourth-order valence-corrected chi connectivity index (χ4v) is 3.84. The number of phenols is 1. The van der Waals surface area contributed by atoms with E-state index in [4.69, 9.17) is 0 Å². The summed E-state index contributed by atoms with van der Waals surface area (Å²) in [7, 11) is 0. The Balaban J connectivity index is 1.49. The van der Waals surface area contributed by atoms with Crippen LogP contribution in [0.3, 0.4) is 0 Å². The van der Waals surface area contributed by atoms with Gasteiger partial charge in [0.2, 0.25) is 0 Å². The van der Waals surface area contributed by atoms with Crippen molar-refractivity contribution in [1.82, 2.24) is 21.3 Å². The van der Waals surface area contributed by atoms with Crippen LogP contribution in [0.5, 0.6) is 5.75 Å². The van der Waals surface area contributed by atoms with E-state index in [2.05, 4.69) is 21.3 Å². The average Bonchev–Trinajstić information content (AvgIpc) is 2.85. The second-order valence-corrected chi connectivity index (χ2v) is 8.48. The van der Waals surface area contributed by atoms with Crippen LogP contribution in [-0.2, 0) is 11.3 Å². The highest BCUT2D eigenvalue weighted by molar-refractivity contribution is 5.99. The highest BCUT2D eigenvalue weighted by atomic mass is 16.4. The van der Waals surface area contributed by atoms with Crippen molar-refractivity contribution >= 4 is 23.8 Å². The van der Waals surface area contributed by atoms with Crippen molar-refractivity contribution in [2.45, 2.75) is 50.7 Å². The monoisotopic (exact) mass is 482 g/mol. The number of benzene rings is 2. The molecule has 2 aromatic rings. The number of nitrogens with one attached hydrogen (secondary N) is 4. The molecule has 35 heavy (non-hydrogen) atoms. The summed E-state index contributed by atoms with van der Waals surface area (Å²) in [5, 5.41) is 29.4. The maximum absolute atomic E-state index is 12.5. The first-order valence-electron chi connectivity index (χ1n) is 11.6. The highest BCUT2D eigenvalue weighted by Crippen LogP contribution is 2.17. The first-order chi connectivity index (χ1) is 16.8. The minimum Gasteiger partial charge on any atom is -0.508 e. The van der Waals surface area contributed by atoms with Gasteiger partial charge in [0, 0.05) is 23.7 Å². The minimum atomic E-state index is -1.31. The first-order valence-corrected chi connectivity index (χ1v) is 11.6. The van der Waals surface area contributed by atoms with Crippen LogP contribution in [0.2, 0.25) is 0 Å². The van der Waals surface area contributed by atoms with Gasteiger partial charge >= 0.3 is 12.0 Å². The molecular formula is C25H30N4O6. The maximum atomic E-state index is 12.5. The van der Waals surface area contributed by atoms with Gasteiger partial charge in [-0.05, 0) is 54.8 Å². The predicted octanol–water partition coefficient (Wildman–Crippen LogP) is 2.14. The molecule has 0 spiro atoms. The number of aromatic hydroxyl groups is 1. The quantitative estimate of drug-likeness (QED) is 0.321. The number of phenolic OH excluding ortho intramolecular Hbond substituents is 1. The number of carboxylic acid groups (broad SMARTS) is 1. The van der Waals surface area contributed by atoms with Crippen LogP contribution in [0.1, 0.15) is 58.4 Å². The maximum Gasteiger partial charge on any atom is 0.328 e. The summed E-state index contributed by atoms with van der Waals surface area (Å²) in [4.78, 5) is 48.5. The molecule has 0 aromatic heterocycles. The number of rotatable bonds is 9. The Kier molecular flexibility index (Phi) is 9.05. The molecule has 10 heteroatoms. The van der Waals surface area contributed by atoms with E-state index in [9.17, 15) is 29.4 Å². The zero-order valence-corrected chi connectivity index (χ0v) is 19.3. The van der Waals surface area contributed by atoms with Crippen LogP contribution in [-0.4, -0.2) is 52.7 Å². The second kappa shape index (κ2) is 12.4. The SMILES string of the molecule is O=C(NCC(NC(=O)c1ccc(C(=O)NCc2cccc(O)c2)cc1)C(=O)O)NC1CCCCC1. The van der Waals surface area contributed by atoms with Crippen molar-refractivity contribution in [2.75, 3.05) is 6.54 Å². The molecule has 1 atom stereocenters. The fourth-order valence-electron chi connectivity index (χ4n) is 3.84. The minimum absolute atomic E-state index is 0.0807. The van der Waals surface area contributed by atoms with Crippen LogP contribution >= 0.6 is 0 Å². The number of amides is 4. The zero-order valence-electron chi connectivity index (χ0n) is 19.3. The Morgan fingerprint density at radius 1 is 0.886 bits per heavy atom. The summed E-state index contributed by atoms with van der Waals surface area (Å²) in [5.41, 5.74) is 1.22. The molecule has 2 aromatic carbocycles. The van der Waals surface area contributed by atoms with Crippen LogP contribution in [0.25, 0.3) is 0 Å². The highest BCUT2D eigenvalue weighted by Gasteiger charge is 2.23. The lowest BCUT2D eigenvalue weighted by molar-refractivity contribution is -0.139. The normalized spacial score (nSPS) is 14.4. The summed E-state index contributed by atoms with van der Waals surface area (Å²) in [6.45, 7) is -0.0494. The number of urea groups is 1. The molecule has 0 radical (unpaired) electrons. The number of carboxylic acids is 1. The third-order valence-corrected chi connectivity index (χ3v) is 5.78. The van der Waals surface area contributed by atoms with Gasteiger partial charge in [0.25, 0.3) is 11.8 Å². The zero-order chi connectivity index (χ0) is 25.2. The molecule has 1 aliphatic carbocycles. The summed E-state index contributed by atoms with van der Waals surface area (Å²) in [6, 6.07) is 10.6. The number of carbonyl (C=O) groups is 4. The third-order valence-electron chi connectivity index (χ3n) is 5.78. The van der Waals surface area contributed by atoms with Gasteiger partial charge in [-0.2, -0.15) is 0 Å². The lowest BCUT2D eigenvalue weighted by atomic mass is 9.96. The van der Waals surface area contributed by atoms with E-state index in [-0.39, 0.29) is 36.4 Å². The average molecular weight is 483 g/mol. The number of carbonyl (C=O) groups excluding carboxylic acids is 3. The molecule has 4 amide bonds. The Labute approximate surface area is 203 Å². The molecule has 6 N–H and O–H groups in total. The summed E-state index contributed by atoms with van der Waals surface area (Å²) >= 11 is 0. The summed E-state index contributed by atoms with van der Waals surface area (Å²) in [5.74, 6) is -2.18. The Bertz CT molecular complexity index is 1050. The van der Waals surface area contributed by atoms with Gasteiger partial charge < -0.3 is 31.5 Å². The number of hydrogen-bond acceptors (Lipinski definition) is 5. The molecule has 0 saturated heterocycles. The molecule has 1 aliphatic rings. The molecule has 10 nitrogen and oxygen atoms in total. The van der Waals surface area contributed by atoms with E-state index >= 15 is 0 Å². The predicted molar refractivity (Wildman–Crippen MR) is 128 cm³/mol. The smallest absolute Gasteiger partial charge is 0.328 e. The number of hydrogen-bond donors (Lipinski definition) is 6. The van der Waals surface area contributed by atoms with Crippen LogP contribution in [0, 0.1) is 0 Å². The third kappa shape index (κ3) is 8.02. The van der Waals surface area contributed by atoms with Crippen molar-refractivity contribution in [3.05, 3.63) is 65.2 Å². The van der Waals surface area contributed by atoms with Gasteiger partial charge in [0.05, 0.1) is 6.54 Å². The van der Waals surface area contributed by atoms with E-state index in [0.717, 1.165) is 37.7 Å². The van der Waals surface area contributed by atoms with Crippen LogP contribution in [0.15, 0.2) is 48.5 Å². The first kappa shape index (κ1) is 25.5. The number of aliphatic carboxylic acids is 1. The molecule has 3 rings (SSSR count). The topological polar surface area (TPSA) is 157 Å². The molecule has 0 aliphatic heterocycles. The van der Waals surface area contributed by atoms with Crippen molar-refractivity contribution in [3.63, 3.8) is 0 Å². The van der Waals surface area contributed by atoms with E-state index in [1.807, 2.05) is 0 Å². The van der Waals surface area contributed by atoms with Gasteiger partial charge in [0.1, 0.15) is 11.8 Å². The van der Waals surface area contributed by atoms with Crippen molar-refractivity contribution in [2.24, 2.45) is 0 Å². The van der Waals surface area contributed by atoms with Crippen molar-refractivity contribution < 1.29 is 29.4 Å². The van der Waals surface area contributed by atoms with Crippen molar-refractivity contribution in [1.29, 1.82) is 0 Å². The molecular weight excluding hydrogens is 452 g/mol. The van der Waals surface area contributed by atoms with Gasteiger partial charge in [-0.15, -0.1) is 0 Å². The second-order valence-electron chi connectivity index (χ2n) is 8.48. The van der Waals surface area contributed by atoms with Gasteiger partial charge in [0.15, 0.2) is 0 Å². The van der Waals surface area contributed by atoms with E-state index in [1.54, 1.807) is 18.2 Å². The van der Waals surface area contributed by atoms with E-state index < -0.39 is 23.9 Å². The summed E-state index contributed by atoms with van der Waals surface area (Å²) < 4.78 is 0. The molecule has 0 bridgehead atoms. The Hall–Kier alpha value is -4.08. The Morgan fingerprint density at radius 3 is 2.17 bits per heavy atom. The van der Waals surface area contributed by atoms with Gasteiger partial charge in [-0.25, -0.2) is 9.59 Å². The van der Waals surface area contributed by atoms with Gasteiger partial charge in [-0.1, -0.05) is 31.4 Å². The van der Waals surface area contributed by atoms with Crippen LogP contribution in [0.4, 0.5) is 4.79 Å². The molecule has 186 valence electrons. The van der Waals surface area contributed by atoms with Crippen LogP contribution < -0.4 is 21.3 Å². The van der Waals surface area contributed by atoms with Crippen molar-refractivity contribution in [3.8, 4) is 5.75 Å². The molecule has 1 saturated carbocycles. The Morgan fingerprint density at radius 2 is 1.54 bits per heavy atom. The van der Waals surface area contributed by atoms with E-state index in [1.165, 1.54) is 30.3 Å². The fraction of sp³-hybridized carbons (Fsp3) is 0.360. The lowest BCUT2D eigenvalue weighted by Gasteiger charge is -2.23. The van der Waals surface area contributed by atoms with E-state index in [0.29, 0.717) is 5.56 Å². The molecule has 1 fully saturated rings. The standard InChI is InChI=1S/C25H30N4O6/c30-20-8-4-5-16(13-20)14-26-22(31)17-9-11-18(12-10-17)23(32)29-21(24(33)34)15-27-25(35)28-19-6-2-1-3-7-19/h4-5,8-13,19,21,30H,1-3,6-7,14-15H2,(H,26,31)(H,29,32)(H,33,34)(H2,27,28,35).